The molecule has 154 valence electrons. The predicted octanol–water partition coefficient (Wildman–Crippen LogP) is 4.55. The van der Waals surface area contributed by atoms with Gasteiger partial charge in [-0.15, -0.1) is 11.3 Å². The Kier molecular flexibility index (Phi) is 7.70. The Morgan fingerprint density at radius 3 is 2.73 bits per heavy atom. The number of halogens is 2. The van der Waals surface area contributed by atoms with Crippen molar-refractivity contribution in [3.63, 3.8) is 0 Å². The Bertz CT molecular complexity index is 1030. The molecule has 0 aliphatic carbocycles. The average Bonchev–Trinajstić information content (AvgIpc) is 3.18. The minimum atomic E-state index is -0.649. The van der Waals surface area contributed by atoms with Crippen molar-refractivity contribution in [2.45, 2.75) is 19.6 Å². The molecule has 0 atom stereocenters. The van der Waals surface area contributed by atoms with Gasteiger partial charge in [-0.05, 0) is 23.8 Å². The Morgan fingerprint density at radius 2 is 1.97 bits per heavy atom. The summed E-state index contributed by atoms with van der Waals surface area (Å²) in [6.45, 7) is 0.407. The SMILES string of the molecule is O=C(Cc1nc(COC(=O)/C=C/c2c(F)cccc2Cl)cs1)NCc1ccccc1. The third kappa shape index (κ3) is 6.50. The second-order valence-corrected chi connectivity index (χ2v) is 7.60. The van der Waals surface area contributed by atoms with Crippen LogP contribution in [-0.2, 0) is 33.9 Å². The summed E-state index contributed by atoms with van der Waals surface area (Å²) < 4.78 is 18.8. The van der Waals surface area contributed by atoms with E-state index in [9.17, 15) is 14.0 Å². The molecule has 0 aliphatic heterocycles. The molecule has 3 rings (SSSR count). The first-order valence-electron chi connectivity index (χ1n) is 9.04. The van der Waals surface area contributed by atoms with E-state index in [2.05, 4.69) is 10.3 Å². The van der Waals surface area contributed by atoms with Crippen molar-refractivity contribution in [1.29, 1.82) is 0 Å². The second-order valence-electron chi connectivity index (χ2n) is 6.25. The molecule has 0 radical (unpaired) electrons. The first kappa shape index (κ1) is 21.7. The van der Waals surface area contributed by atoms with Gasteiger partial charge in [-0.1, -0.05) is 48.0 Å². The third-order valence-corrected chi connectivity index (χ3v) is 5.22. The molecule has 0 saturated heterocycles. The summed E-state index contributed by atoms with van der Waals surface area (Å²) in [5.41, 5.74) is 1.67. The van der Waals surface area contributed by atoms with Crippen LogP contribution in [0, 0.1) is 5.82 Å². The number of rotatable bonds is 8. The van der Waals surface area contributed by atoms with Crippen LogP contribution in [0.1, 0.15) is 21.8 Å². The van der Waals surface area contributed by atoms with Crippen LogP contribution in [0.15, 0.2) is 60.0 Å². The van der Waals surface area contributed by atoms with E-state index >= 15 is 0 Å². The summed E-state index contributed by atoms with van der Waals surface area (Å²) in [7, 11) is 0. The molecule has 0 aliphatic rings. The molecule has 0 spiro atoms. The highest BCUT2D eigenvalue weighted by molar-refractivity contribution is 7.09. The van der Waals surface area contributed by atoms with E-state index in [1.165, 1.54) is 35.6 Å². The van der Waals surface area contributed by atoms with E-state index in [4.69, 9.17) is 16.3 Å². The smallest absolute Gasteiger partial charge is 0.331 e. The van der Waals surface area contributed by atoms with Crippen LogP contribution in [0.3, 0.4) is 0 Å². The molecule has 2 aromatic carbocycles. The largest absolute Gasteiger partial charge is 0.456 e. The number of aromatic nitrogens is 1. The van der Waals surface area contributed by atoms with E-state index in [1.807, 2.05) is 30.3 Å². The lowest BCUT2D eigenvalue weighted by atomic mass is 10.2. The number of thiazole rings is 1. The lowest BCUT2D eigenvalue weighted by Gasteiger charge is -2.03. The van der Waals surface area contributed by atoms with Crippen LogP contribution in [0.5, 0.6) is 0 Å². The van der Waals surface area contributed by atoms with Crippen molar-refractivity contribution in [2.75, 3.05) is 0 Å². The molecule has 0 fully saturated rings. The summed E-state index contributed by atoms with van der Waals surface area (Å²) in [4.78, 5) is 28.2. The number of carbonyl (C=O) groups excluding carboxylic acids is 2. The van der Waals surface area contributed by atoms with Gasteiger partial charge in [0.2, 0.25) is 5.91 Å². The zero-order chi connectivity index (χ0) is 21.3. The number of hydrogen-bond acceptors (Lipinski definition) is 5. The van der Waals surface area contributed by atoms with Gasteiger partial charge in [0.05, 0.1) is 17.1 Å². The van der Waals surface area contributed by atoms with Gasteiger partial charge >= 0.3 is 5.97 Å². The summed E-state index contributed by atoms with van der Waals surface area (Å²) in [6, 6.07) is 13.9. The molecular weight excluding hydrogens is 427 g/mol. The molecule has 8 heteroatoms. The number of nitrogens with zero attached hydrogens (tertiary/aromatic N) is 1. The molecule has 30 heavy (non-hydrogen) atoms. The molecule has 3 aromatic rings. The summed E-state index contributed by atoms with van der Waals surface area (Å²) in [6.07, 6.45) is 2.52. The molecule has 1 N–H and O–H groups in total. The Morgan fingerprint density at radius 1 is 1.17 bits per heavy atom. The highest BCUT2D eigenvalue weighted by Crippen LogP contribution is 2.20. The van der Waals surface area contributed by atoms with Gasteiger partial charge in [-0.2, -0.15) is 0 Å². The summed E-state index contributed by atoms with van der Waals surface area (Å²) in [5, 5.41) is 5.39. The van der Waals surface area contributed by atoms with Crippen LogP contribution in [0.4, 0.5) is 4.39 Å². The minimum absolute atomic E-state index is 0.0453. The average molecular weight is 445 g/mol. The molecule has 0 saturated carbocycles. The van der Waals surface area contributed by atoms with E-state index in [-0.39, 0.29) is 29.5 Å². The van der Waals surface area contributed by atoms with E-state index in [0.29, 0.717) is 17.2 Å². The van der Waals surface area contributed by atoms with Gasteiger partial charge < -0.3 is 10.1 Å². The topological polar surface area (TPSA) is 68.3 Å². The van der Waals surface area contributed by atoms with Crippen LogP contribution in [0.2, 0.25) is 5.02 Å². The van der Waals surface area contributed by atoms with Crippen molar-refractivity contribution in [3.05, 3.63) is 92.7 Å². The zero-order valence-corrected chi connectivity index (χ0v) is 17.4. The number of hydrogen-bond donors (Lipinski definition) is 1. The molecule has 1 aromatic heterocycles. The maximum absolute atomic E-state index is 13.7. The molecule has 0 unspecified atom stereocenters. The number of nitrogens with one attached hydrogen (secondary N) is 1. The number of amides is 1. The number of carbonyl (C=O) groups is 2. The lowest BCUT2D eigenvalue weighted by Crippen LogP contribution is -2.24. The van der Waals surface area contributed by atoms with Gasteiger partial charge in [0.25, 0.3) is 0 Å². The monoisotopic (exact) mass is 444 g/mol. The van der Waals surface area contributed by atoms with E-state index in [0.717, 1.165) is 11.6 Å². The quantitative estimate of drug-likeness (QED) is 0.409. The molecule has 0 bridgehead atoms. The first-order valence-corrected chi connectivity index (χ1v) is 10.3. The van der Waals surface area contributed by atoms with Crippen molar-refractivity contribution >= 4 is 40.9 Å². The molecule has 1 amide bonds. The number of ether oxygens (including phenoxy) is 1. The summed E-state index contributed by atoms with van der Waals surface area (Å²) in [5.74, 6) is -1.31. The van der Waals surface area contributed by atoms with Crippen molar-refractivity contribution < 1.29 is 18.7 Å². The van der Waals surface area contributed by atoms with Crippen LogP contribution in [0.25, 0.3) is 6.08 Å². The van der Waals surface area contributed by atoms with Crippen molar-refractivity contribution in [2.24, 2.45) is 0 Å². The molecule has 1 heterocycles. The normalized spacial score (nSPS) is 10.9. The van der Waals surface area contributed by atoms with Crippen molar-refractivity contribution in [3.8, 4) is 0 Å². The fraction of sp³-hybridized carbons (Fsp3) is 0.136. The maximum atomic E-state index is 13.7. The van der Waals surface area contributed by atoms with Crippen LogP contribution in [-0.4, -0.2) is 16.9 Å². The highest BCUT2D eigenvalue weighted by Gasteiger charge is 2.10. The van der Waals surface area contributed by atoms with E-state index in [1.54, 1.807) is 5.38 Å². The first-order chi connectivity index (χ1) is 14.5. The Balaban J connectivity index is 1.45. The predicted molar refractivity (Wildman–Crippen MR) is 114 cm³/mol. The third-order valence-electron chi connectivity index (χ3n) is 3.99. The fourth-order valence-electron chi connectivity index (χ4n) is 2.51. The van der Waals surface area contributed by atoms with Gasteiger partial charge in [0.15, 0.2) is 0 Å². The van der Waals surface area contributed by atoms with Crippen molar-refractivity contribution in [1.82, 2.24) is 10.3 Å². The lowest BCUT2D eigenvalue weighted by molar-refractivity contribution is -0.139. The Labute approximate surface area is 182 Å². The Hall–Kier alpha value is -3.03. The minimum Gasteiger partial charge on any atom is -0.456 e. The van der Waals surface area contributed by atoms with Crippen LogP contribution >= 0.6 is 22.9 Å². The fourth-order valence-corrected chi connectivity index (χ4v) is 3.51. The zero-order valence-electron chi connectivity index (χ0n) is 15.8. The number of benzene rings is 2. The number of esters is 1. The van der Waals surface area contributed by atoms with Crippen LogP contribution < -0.4 is 5.32 Å². The highest BCUT2D eigenvalue weighted by atomic mass is 35.5. The van der Waals surface area contributed by atoms with E-state index < -0.39 is 11.8 Å². The second kappa shape index (κ2) is 10.7. The standard InChI is InChI=1S/C22H18ClFN2O3S/c23-18-7-4-8-19(24)17(18)9-10-22(28)29-13-16-14-30-21(26-16)11-20(27)25-12-15-5-2-1-3-6-15/h1-10,14H,11-13H2,(H,25,27)/b10-9+. The van der Waals surface area contributed by atoms with Gasteiger partial charge in [-0.3, -0.25) is 4.79 Å². The molecular formula is C22H18ClFN2O3S. The van der Waals surface area contributed by atoms with Gasteiger partial charge in [-0.25, -0.2) is 14.2 Å². The maximum Gasteiger partial charge on any atom is 0.331 e. The van der Waals surface area contributed by atoms with Gasteiger partial charge in [0.1, 0.15) is 17.4 Å². The summed E-state index contributed by atoms with van der Waals surface area (Å²) >= 11 is 7.22. The van der Waals surface area contributed by atoms with Gasteiger partial charge in [0, 0.05) is 23.6 Å². The molecule has 5 nitrogen and oxygen atoms in total.